The fraction of sp³-hybridized carbons (Fsp3) is 0.200. The first-order valence-corrected chi connectivity index (χ1v) is 4.58. The molecule has 1 heterocycles. The monoisotopic (exact) mass is 206 g/mol. The third kappa shape index (κ3) is 1.57. The van der Waals surface area contributed by atoms with E-state index in [-0.39, 0.29) is 13.0 Å². The maximum absolute atomic E-state index is 11.5. The zero-order valence-electron chi connectivity index (χ0n) is 7.93. The molecule has 0 saturated carbocycles. The molecule has 0 atom stereocenters. The molecular weight excluding hydrogens is 196 g/mol. The van der Waals surface area contributed by atoms with Crippen molar-refractivity contribution < 1.29 is 9.90 Å². The van der Waals surface area contributed by atoms with Crippen LogP contribution in [0, 0.1) is 0 Å². The lowest BCUT2D eigenvalue weighted by Crippen LogP contribution is -2.24. The highest BCUT2D eigenvalue weighted by atomic mass is 16.3. The normalized spacial score (nSPS) is 10.7. The Labute approximate surface area is 85.0 Å². The van der Waals surface area contributed by atoms with Crippen molar-refractivity contribution in [1.82, 2.24) is 9.55 Å². The summed E-state index contributed by atoms with van der Waals surface area (Å²) in [5.74, 6) is -0.403. The average Bonchev–Trinajstić information content (AvgIpc) is 2.54. The summed E-state index contributed by atoms with van der Waals surface area (Å²) in [6, 6.07) is 6.93. The average molecular weight is 206 g/mol. The number of aromatic nitrogens is 2. The zero-order chi connectivity index (χ0) is 10.8. The van der Waals surface area contributed by atoms with Crippen molar-refractivity contribution in [2.45, 2.75) is 6.42 Å². The Balaban J connectivity index is 2.64. The zero-order valence-corrected chi connectivity index (χ0v) is 7.93. The van der Waals surface area contributed by atoms with Gasteiger partial charge in [-0.1, -0.05) is 12.1 Å². The number of hydrogen-bond acceptors (Lipinski definition) is 3. The standard InChI is InChI=1S/C10H10N2O3/c13-6-5-9(14)12-8-4-2-1-3-7(8)11-10(12)15/h1-4,13H,5-6H2,(H,11,15). The number of para-hydroxylation sites is 2. The van der Waals surface area contributed by atoms with E-state index in [1.165, 1.54) is 0 Å². The van der Waals surface area contributed by atoms with Crippen molar-refractivity contribution >= 4 is 16.9 Å². The van der Waals surface area contributed by atoms with E-state index in [2.05, 4.69) is 4.98 Å². The second-order valence-electron chi connectivity index (χ2n) is 3.15. The predicted octanol–water partition coefficient (Wildman–Crippen LogP) is 0.352. The molecular formula is C10H10N2O3. The number of rotatable bonds is 2. The summed E-state index contributed by atoms with van der Waals surface area (Å²) in [4.78, 5) is 25.6. The maximum Gasteiger partial charge on any atom is 0.333 e. The van der Waals surface area contributed by atoms with E-state index in [9.17, 15) is 9.59 Å². The van der Waals surface area contributed by atoms with Crippen molar-refractivity contribution in [2.75, 3.05) is 6.61 Å². The minimum atomic E-state index is -0.463. The summed E-state index contributed by atoms with van der Waals surface area (Å²) in [5.41, 5.74) is 0.699. The second kappa shape index (κ2) is 3.70. The number of aliphatic hydroxyl groups is 1. The van der Waals surface area contributed by atoms with Crippen LogP contribution in [0.1, 0.15) is 11.2 Å². The lowest BCUT2D eigenvalue weighted by Gasteiger charge is -1.98. The lowest BCUT2D eigenvalue weighted by atomic mass is 10.3. The highest BCUT2D eigenvalue weighted by Crippen LogP contribution is 2.08. The van der Waals surface area contributed by atoms with E-state index in [1.807, 2.05) is 0 Å². The summed E-state index contributed by atoms with van der Waals surface area (Å²) in [7, 11) is 0. The number of carbonyl (C=O) groups excluding carboxylic acids is 1. The first-order chi connectivity index (χ1) is 7.24. The molecule has 5 nitrogen and oxygen atoms in total. The fourth-order valence-electron chi connectivity index (χ4n) is 1.51. The van der Waals surface area contributed by atoms with Gasteiger partial charge in [-0.15, -0.1) is 0 Å². The smallest absolute Gasteiger partial charge is 0.333 e. The number of nitrogens with zero attached hydrogens (tertiary/aromatic N) is 1. The van der Waals surface area contributed by atoms with E-state index in [0.29, 0.717) is 11.0 Å². The van der Waals surface area contributed by atoms with Gasteiger partial charge in [0, 0.05) is 0 Å². The SMILES string of the molecule is O=C(CCO)n1c(=O)[nH]c2ccccc21. The van der Waals surface area contributed by atoms with E-state index in [4.69, 9.17) is 5.11 Å². The molecule has 0 saturated heterocycles. The summed E-state index contributed by atoms with van der Waals surface area (Å²) in [5, 5.41) is 8.65. The molecule has 0 aliphatic carbocycles. The van der Waals surface area contributed by atoms with Crippen molar-refractivity contribution in [3.8, 4) is 0 Å². The molecule has 0 bridgehead atoms. The molecule has 0 fully saturated rings. The topological polar surface area (TPSA) is 75.1 Å². The van der Waals surface area contributed by atoms with Crippen LogP contribution in [-0.4, -0.2) is 27.2 Å². The maximum atomic E-state index is 11.5. The van der Waals surface area contributed by atoms with Gasteiger partial charge in [-0.2, -0.15) is 0 Å². The van der Waals surface area contributed by atoms with Gasteiger partial charge in [0.05, 0.1) is 24.1 Å². The molecule has 0 amide bonds. The number of aromatic amines is 1. The van der Waals surface area contributed by atoms with E-state index < -0.39 is 11.6 Å². The minimum Gasteiger partial charge on any atom is -0.396 e. The van der Waals surface area contributed by atoms with Crippen LogP contribution < -0.4 is 5.69 Å². The lowest BCUT2D eigenvalue weighted by molar-refractivity contribution is 0.0876. The largest absolute Gasteiger partial charge is 0.396 e. The summed E-state index contributed by atoms with van der Waals surface area (Å²) in [6.45, 7) is -0.259. The van der Waals surface area contributed by atoms with Crippen molar-refractivity contribution in [3.05, 3.63) is 34.7 Å². The molecule has 0 unspecified atom stereocenters. The molecule has 1 aromatic heterocycles. The van der Waals surface area contributed by atoms with Crippen molar-refractivity contribution in [3.63, 3.8) is 0 Å². The van der Waals surface area contributed by atoms with Crippen LogP contribution in [-0.2, 0) is 0 Å². The summed E-state index contributed by atoms with van der Waals surface area (Å²) < 4.78 is 1.05. The van der Waals surface area contributed by atoms with Crippen LogP contribution in [0.3, 0.4) is 0 Å². The van der Waals surface area contributed by atoms with Crippen LogP contribution in [0.25, 0.3) is 11.0 Å². The third-order valence-electron chi connectivity index (χ3n) is 2.16. The minimum absolute atomic E-state index is 0.0538. The number of benzene rings is 1. The Hall–Kier alpha value is -1.88. The highest BCUT2D eigenvalue weighted by Gasteiger charge is 2.12. The number of hydrogen-bond donors (Lipinski definition) is 2. The molecule has 78 valence electrons. The van der Waals surface area contributed by atoms with Gasteiger partial charge >= 0.3 is 5.69 Å². The van der Waals surface area contributed by atoms with E-state index in [0.717, 1.165) is 4.57 Å². The quantitative estimate of drug-likeness (QED) is 0.744. The van der Waals surface area contributed by atoms with E-state index in [1.54, 1.807) is 24.3 Å². The number of nitrogens with one attached hydrogen (secondary N) is 1. The molecule has 5 heteroatoms. The van der Waals surface area contributed by atoms with Gasteiger partial charge in [-0.25, -0.2) is 9.36 Å². The number of H-pyrrole nitrogens is 1. The molecule has 0 aliphatic rings. The first kappa shape index (κ1) is 9.67. The van der Waals surface area contributed by atoms with Crippen molar-refractivity contribution in [1.29, 1.82) is 0 Å². The van der Waals surface area contributed by atoms with Gasteiger partial charge in [0.15, 0.2) is 0 Å². The molecule has 1 aromatic carbocycles. The highest BCUT2D eigenvalue weighted by molar-refractivity contribution is 5.90. The van der Waals surface area contributed by atoms with Gasteiger partial charge in [-0.05, 0) is 12.1 Å². The first-order valence-electron chi connectivity index (χ1n) is 4.58. The van der Waals surface area contributed by atoms with Gasteiger partial charge in [0.1, 0.15) is 0 Å². The summed E-state index contributed by atoms with van der Waals surface area (Å²) in [6.07, 6.45) is -0.0538. The molecule has 2 aromatic rings. The van der Waals surface area contributed by atoms with Gasteiger partial charge in [0.25, 0.3) is 0 Å². The Morgan fingerprint density at radius 1 is 1.40 bits per heavy atom. The number of imidazole rings is 1. The Morgan fingerprint density at radius 3 is 2.87 bits per heavy atom. The van der Waals surface area contributed by atoms with Gasteiger partial charge in [0.2, 0.25) is 5.91 Å². The Bertz CT molecular complexity index is 553. The number of aliphatic hydroxyl groups excluding tert-OH is 1. The van der Waals surface area contributed by atoms with Crippen LogP contribution in [0.5, 0.6) is 0 Å². The number of carbonyl (C=O) groups is 1. The third-order valence-corrected chi connectivity index (χ3v) is 2.16. The van der Waals surface area contributed by atoms with Gasteiger partial charge < -0.3 is 10.1 Å². The molecule has 0 radical (unpaired) electrons. The predicted molar refractivity (Wildman–Crippen MR) is 54.9 cm³/mol. The number of fused-ring (bicyclic) bond motifs is 1. The Morgan fingerprint density at radius 2 is 2.13 bits per heavy atom. The Kier molecular flexibility index (Phi) is 2.39. The van der Waals surface area contributed by atoms with Crippen LogP contribution in [0.15, 0.2) is 29.1 Å². The second-order valence-corrected chi connectivity index (χ2v) is 3.15. The molecule has 0 spiro atoms. The van der Waals surface area contributed by atoms with Gasteiger partial charge in [-0.3, -0.25) is 4.79 Å². The van der Waals surface area contributed by atoms with Crippen molar-refractivity contribution in [2.24, 2.45) is 0 Å². The van der Waals surface area contributed by atoms with Crippen LogP contribution in [0.4, 0.5) is 0 Å². The van der Waals surface area contributed by atoms with E-state index >= 15 is 0 Å². The summed E-state index contributed by atoms with van der Waals surface area (Å²) >= 11 is 0. The molecule has 2 N–H and O–H groups in total. The fourth-order valence-corrected chi connectivity index (χ4v) is 1.51. The van der Waals surface area contributed by atoms with Crippen LogP contribution >= 0.6 is 0 Å². The molecule has 15 heavy (non-hydrogen) atoms. The molecule has 2 rings (SSSR count). The van der Waals surface area contributed by atoms with Crippen LogP contribution in [0.2, 0.25) is 0 Å². The molecule has 0 aliphatic heterocycles.